The van der Waals surface area contributed by atoms with Gasteiger partial charge in [-0.05, 0) is 42.3 Å². The van der Waals surface area contributed by atoms with Crippen LogP contribution in [0, 0.1) is 6.92 Å². The fourth-order valence-electron chi connectivity index (χ4n) is 2.30. The summed E-state index contributed by atoms with van der Waals surface area (Å²) >= 11 is 1.51. The quantitative estimate of drug-likeness (QED) is 0.574. The number of nitrogens with zero attached hydrogens (tertiary/aromatic N) is 4. The first-order chi connectivity index (χ1) is 11.3. The van der Waals surface area contributed by atoms with Crippen molar-refractivity contribution in [3.63, 3.8) is 0 Å². The van der Waals surface area contributed by atoms with E-state index in [4.69, 9.17) is 4.74 Å². The monoisotopic (exact) mass is 322 g/mol. The molecule has 0 saturated heterocycles. The first kappa shape index (κ1) is 13.9. The predicted molar refractivity (Wildman–Crippen MR) is 89.6 cm³/mol. The summed E-state index contributed by atoms with van der Waals surface area (Å²) in [6, 6.07) is 16.2. The highest BCUT2D eigenvalue weighted by molar-refractivity contribution is 7.19. The van der Waals surface area contributed by atoms with Crippen LogP contribution >= 0.6 is 11.3 Å². The van der Waals surface area contributed by atoms with E-state index in [0.29, 0.717) is 6.61 Å². The molecule has 0 bridgehead atoms. The van der Waals surface area contributed by atoms with Crippen LogP contribution in [0.1, 0.15) is 11.1 Å². The van der Waals surface area contributed by atoms with E-state index in [1.807, 2.05) is 36.4 Å². The summed E-state index contributed by atoms with van der Waals surface area (Å²) in [5.74, 6) is 0.847. The molecule has 0 saturated carbocycles. The molecular weight excluding hydrogens is 308 g/mol. The lowest BCUT2D eigenvalue weighted by atomic mass is 10.1. The number of fused-ring (bicyclic) bond motifs is 1. The first-order valence-corrected chi connectivity index (χ1v) is 8.06. The van der Waals surface area contributed by atoms with E-state index in [1.165, 1.54) is 22.5 Å². The second-order valence-electron chi connectivity index (χ2n) is 5.20. The SMILES string of the molecule is Cc1ccccc1COc1ccc(-c2nn3cnnc3s2)cc1. The second kappa shape index (κ2) is 5.81. The molecule has 0 aliphatic heterocycles. The average Bonchev–Trinajstić information content (AvgIpc) is 3.16. The zero-order valence-corrected chi connectivity index (χ0v) is 13.3. The van der Waals surface area contributed by atoms with Crippen LogP contribution in [0.5, 0.6) is 5.75 Å². The van der Waals surface area contributed by atoms with Crippen molar-refractivity contribution in [1.82, 2.24) is 19.8 Å². The summed E-state index contributed by atoms with van der Waals surface area (Å²) in [6.45, 7) is 2.66. The minimum absolute atomic E-state index is 0.572. The first-order valence-electron chi connectivity index (χ1n) is 7.24. The lowest BCUT2D eigenvalue weighted by Crippen LogP contribution is -1.97. The Bertz CT molecular complexity index is 914. The van der Waals surface area contributed by atoms with Gasteiger partial charge < -0.3 is 4.74 Å². The Morgan fingerprint density at radius 3 is 2.70 bits per heavy atom. The number of rotatable bonds is 4. The summed E-state index contributed by atoms with van der Waals surface area (Å²) in [6.07, 6.45) is 1.61. The Labute approximate surface area is 137 Å². The van der Waals surface area contributed by atoms with Crippen LogP contribution in [0.2, 0.25) is 0 Å². The Kier molecular flexibility index (Phi) is 3.51. The molecular formula is C17H14N4OS. The fourth-order valence-corrected chi connectivity index (χ4v) is 3.13. The van der Waals surface area contributed by atoms with Crippen LogP contribution in [0.15, 0.2) is 54.9 Å². The third kappa shape index (κ3) is 2.80. The van der Waals surface area contributed by atoms with Crippen LogP contribution in [-0.4, -0.2) is 19.8 Å². The molecule has 2 aromatic heterocycles. The van der Waals surface area contributed by atoms with Crippen molar-refractivity contribution in [1.29, 1.82) is 0 Å². The standard InChI is InChI=1S/C17H14N4OS/c1-12-4-2-3-5-14(12)10-22-15-8-6-13(7-9-15)16-20-21-11-18-19-17(21)23-16/h2-9,11H,10H2,1H3. The molecule has 4 aromatic rings. The van der Waals surface area contributed by atoms with Crippen molar-refractivity contribution in [3.8, 4) is 16.3 Å². The van der Waals surface area contributed by atoms with Crippen molar-refractivity contribution in [2.24, 2.45) is 0 Å². The molecule has 4 rings (SSSR count). The third-order valence-corrected chi connectivity index (χ3v) is 4.61. The maximum atomic E-state index is 5.86. The Balaban J connectivity index is 1.49. The van der Waals surface area contributed by atoms with E-state index in [9.17, 15) is 0 Å². The molecule has 0 fully saturated rings. The largest absolute Gasteiger partial charge is 0.489 e. The van der Waals surface area contributed by atoms with Crippen molar-refractivity contribution in [2.45, 2.75) is 13.5 Å². The summed E-state index contributed by atoms with van der Waals surface area (Å²) < 4.78 is 7.55. The summed E-state index contributed by atoms with van der Waals surface area (Å²) in [7, 11) is 0. The van der Waals surface area contributed by atoms with E-state index in [2.05, 4.69) is 34.4 Å². The summed E-state index contributed by atoms with van der Waals surface area (Å²) in [5.41, 5.74) is 3.48. The lowest BCUT2D eigenvalue weighted by molar-refractivity contribution is 0.305. The van der Waals surface area contributed by atoms with Gasteiger partial charge in [0.2, 0.25) is 4.96 Å². The van der Waals surface area contributed by atoms with Crippen molar-refractivity contribution < 1.29 is 4.74 Å². The van der Waals surface area contributed by atoms with Gasteiger partial charge in [-0.25, -0.2) is 0 Å². The van der Waals surface area contributed by atoms with Gasteiger partial charge >= 0.3 is 0 Å². The molecule has 0 spiro atoms. The van der Waals surface area contributed by atoms with Crippen LogP contribution in [-0.2, 0) is 6.61 Å². The van der Waals surface area contributed by atoms with Crippen molar-refractivity contribution in [3.05, 3.63) is 66.0 Å². The Hall–Kier alpha value is -2.73. The molecule has 0 aliphatic rings. The second-order valence-corrected chi connectivity index (χ2v) is 6.16. The van der Waals surface area contributed by atoms with Crippen LogP contribution in [0.3, 0.4) is 0 Å². The average molecular weight is 322 g/mol. The number of ether oxygens (including phenoxy) is 1. The highest BCUT2D eigenvalue weighted by Crippen LogP contribution is 2.26. The fraction of sp³-hybridized carbons (Fsp3) is 0.118. The van der Waals surface area contributed by atoms with E-state index >= 15 is 0 Å². The molecule has 5 nitrogen and oxygen atoms in total. The molecule has 0 radical (unpaired) electrons. The van der Waals surface area contributed by atoms with Crippen LogP contribution < -0.4 is 4.74 Å². The normalized spacial score (nSPS) is 11.0. The molecule has 23 heavy (non-hydrogen) atoms. The van der Waals surface area contributed by atoms with Gasteiger partial charge in [0.1, 0.15) is 23.7 Å². The van der Waals surface area contributed by atoms with Gasteiger partial charge in [0.05, 0.1) is 0 Å². The summed E-state index contributed by atoms with van der Waals surface area (Å²) in [5, 5.41) is 13.2. The van der Waals surface area contributed by atoms with E-state index < -0.39 is 0 Å². The molecule has 2 heterocycles. The molecule has 114 valence electrons. The molecule has 0 amide bonds. The maximum absolute atomic E-state index is 5.86. The highest BCUT2D eigenvalue weighted by atomic mass is 32.1. The molecule has 2 aromatic carbocycles. The summed E-state index contributed by atoms with van der Waals surface area (Å²) in [4.78, 5) is 0.792. The molecule has 0 unspecified atom stereocenters. The van der Waals surface area contributed by atoms with Gasteiger partial charge in [0.25, 0.3) is 0 Å². The van der Waals surface area contributed by atoms with Crippen molar-refractivity contribution in [2.75, 3.05) is 0 Å². The van der Waals surface area contributed by atoms with Crippen LogP contribution in [0.4, 0.5) is 0 Å². The number of benzene rings is 2. The lowest BCUT2D eigenvalue weighted by Gasteiger charge is -2.08. The van der Waals surface area contributed by atoms with E-state index in [0.717, 1.165) is 21.3 Å². The molecule has 0 aliphatic carbocycles. The van der Waals surface area contributed by atoms with Crippen LogP contribution in [0.25, 0.3) is 15.5 Å². The van der Waals surface area contributed by atoms with Gasteiger partial charge in [0, 0.05) is 5.56 Å². The highest BCUT2D eigenvalue weighted by Gasteiger charge is 2.08. The van der Waals surface area contributed by atoms with E-state index in [-0.39, 0.29) is 0 Å². The maximum Gasteiger partial charge on any atom is 0.234 e. The predicted octanol–water partition coefficient (Wildman–Crippen LogP) is 3.74. The van der Waals surface area contributed by atoms with Gasteiger partial charge in [-0.1, -0.05) is 35.6 Å². The Morgan fingerprint density at radius 2 is 1.91 bits per heavy atom. The smallest absolute Gasteiger partial charge is 0.234 e. The zero-order chi connectivity index (χ0) is 15.6. The topological polar surface area (TPSA) is 52.3 Å². The zero-order valence-electron chi connectivity index (χ0n) is 12.5. The molecule has 0 N–H and O–H groups in total. The number of hydrogen-bond donors (Lipinski definition) is 0. The molecule has 0 atom stereocenters. The minimum atomic E-state index is 0.572. The number of aromatic nitrogens is 4. The van der Waals surface area contributed by atoms with E-state index in [1.54, 1.807) is 10.8 Å². The third-order valence-electron chi connectivity index (χ3n) is 3.64. The number of aryl methyl sites for hydroxylation is 1. The van der Waals surface area contributed by atoms with Gasteiger partial charge in [-0.2, -0.15) is 9.61 Å². The van der Waals surface area contributed by atoms with Crippen molar-refractivity contribution >= 4 is 16.3 Å². The minimum Gasteiger partial charge on any atom is -0.489 e. The number of hydrogen-bond acceptors (Lipinski definition) is 5. The van der Waals surface area contributed by atoms with Gasteiger partial charge in [-0.15, -0.1) is 10.2 Å². The van der Waals surface area contributed by atoms with Gasteiger partial charge in [0.15, 0.2) is 0 Å². The Morgan fingerprint density at radius 1 is 1.09 bits per heavy atom. The van der Waals surface area contributed by atoms with Gasteiger partial charge in [-0.3, -0.25) is 0 Å². The molecule has 6 heteroatoms.